The van der Waals surface area contributed by atoms with Crippen LogP contribution < -0.4 is 4.72 Å². The molecule has 1 aromatic carbocycles. The van der Waals surface area contributed by atoms with Crippen molar-refractivity contribution in [2.75, 3.05) is 5.75 Å². The van der Waals surface area contributed by atoms with E-state index >= 15 is 0 Å². The highest BCUT2D eigenvalue weighted by Gasteiger charge is 2.17. The third kappa shape index (κ3) is 3.75. The van der Waals surface area contributed by atoms with Crippen LogP contribution in [-0.4, -0.2) is 28.7 Å². The largest absolute Gasteiger partial charge is 0.330 e. The van der Waals surface area contributed by atoms with Gasteiger partial charge in [0, 0.05) is 12.7 Å². The number of nitrogens with zero attached hydrogens (tertiary/aromatic N) is 3. The number of para-hydroxylation sites is 2. The highest BCUT2D eigenvalue weighted by molar-refractivity contribution is 7.89. The summed E-state index contributed by atoms with van der Waals surface area (Å²) in [7, 11) is -3.41. The van der Waals surface area contributed by atoms with Crippen LogP contribution in [0.1, 0.15) is 18.7 Å². The van der Waals surface area contributed by atoms with Gasteiger partial charge in [-0.2, -0.15) is 0 Å². The van der Waals surface area contributed by atoms with Crippen LogP contribution in [0.5, 0.6) is 0 Å². The van der Waals surface area contributed by atoms with Crippen LogP contribution in [0.25, 0.3) is 11.0 Å². The van der Waals surface area contributed by atoms with Gasteiger partial charge in [0.15, 0.2) is 0 Å². The second-order valence-electron chi connectivity index (χ2n) is 5.34. The smallest absolute Gasteiger partial charge is 0.213 e. The minimum Gasteiger partial charge on any atom is -0.330 e. The average Bonchev–Trinajstić information content (AvgIpc) is 2.97. The molecule has 7 heteroatoms. The second-order valence-corrected chi connectivity index (χ2v) is 7.21. The van der Waals surface area contributed by atoms with Crippen LogP contribution in [0.15, 0.2) is 55.0 Å². The van der Waals surface area contributed by atoms with Crippen LogP contribution in [0.4, 0.5) is 0 Å². The standard InChI is InChI=1S/C16H18N4O2S/c1-13(14-6-4-5-9-17-14)19-23(21,22)11-10-20-12-18-15-7-2-3-8-16(15)20/h2-9,12-13,19H,10-11H2,1H3/t13-/m0/s1. The summed E-state index contributed by atoms with van der Waals surface area (Å²) >= 11 is 0. The molecule has 0 amide bonds. The van der Waals surface area contributed by atoms with Gasteiger partial charge in [0.1, 0.15) is 0 Å². The van der Waals surface area contributed by atoms with Gasteiger partial charge in [0.05, 0.1) is 34.8 Å². The fourth-order valence-electron chi connectivity index (χ4n) is 2.43. The zero-order valence-electron chi connectivity index (χ0n) is 12.8. The maximum atomic E-state index is 12.3. The van der Waals surface area contributed by atoms with E-state index in [9.17, 15) is 8.42 Å². The molecule has 0 bridgehead atoms. The number of imidazole rings is 1. The summed E-state index contributed by atoms with van der Waals surface area (Å²) in [6.45, 7) is 2.14. The van der Waals surface area contributed by atoms with E-state index in [1.807, 2.05) is 34.9 Å². The Bertz CT molecular complexity index is 891. The molecule has 2 heterocycles. The normalized spacial score (nSPS) is 13.3. The van der Waals surface area contributed by atoms with Gasteiger partial charge in [-0.15, -0.1) is 0 Å². The highest BCUT2D eigenvalue weighted by atomic mass is 32.2. The highest BCUT2D eigenvalue weighted by Crippen LogP contribution is 2.13. The number of nitrogens with one attached hydrogen (secondary N) is 1. The number of benzene rings is 1. The monoisotopic (exact) mass is 330 g/mol. The van der Waals surface area contributed by atoms with Crippen molar-refractivity contribution in [1.82, 2.24) is 19.3 Å². The first kappa shape index (κ1) is 15.6. The molecule has 3 aromatic rings. The lowest BCUT2D eigenvalue weighted by molar-refractivity contribution is 0.558. The molecule has 1 N–H and O–H groups in total. The van der Waals surface area contributed by atoms with Gasteiger partial charge < -0.3 is 4.57 Å². The molecule has 0 unspecified atom stereocenters. The maximum absolute atomic E-state index is 12.3. The van der Waals surface area contributed by atoms with Crippen molar-refractivity contribution in [3.63, 3.8) is 0 Å². The first-order valence-electron chi connectivity index (χ1n) is 7.36. The molecule has 0 saturated carbocycles. The lowest BCUT2D eigenvalue weighted by Gasteiger charge is -2.14. The van der Waals surface area contributed by atoms with Gasteiger partial charge in [-0.1, -0.05) is 18.2 Å². The molecule has 0 radical (unpaired) electrons. The van der Waals surface area contributed by atoms with Crippen LogP contribution in [0.2, 0.25) is 0 Å². The third-order valence-corrected chi connectivity index (χ3v) is 5.05. The van der Waals surface area contributed by atoms with E-state index in [0.29, 0.717) is 12.2 Å². The van der Waals surface area contributed by atoms with Crippen LogP contribution in [-0.2, 0) is 16.6 Å². The van der Waals surface area contributed by atoms with E-state index in [4.69, 9.17) is 0 Å². The van der Waals surface area contributed by atoms with Crippen LogP contribution in [0, 0.1) is 0 Å². The molecule has 0 aliphatic heterocycles. The van der Waals surface area contributed by atoms with E-state index in [0.717, 1.165) is 11.0 Å². The van der Waals surface area contributed by atoms with Gasteiger partial charge in [0.2, 0.25) is 10.0 Å². The maximum Gasteiger partial charge on any atom is 0.213 e. The van der Waals surface area contributed by atoms with Gasteiger partial charge in [0.25, 0.3) is 0 Å². The first-order valence-corrected chi connectivity index (χ1v) is 9.01. The predicted octanol–water partition coefficient (Wildman–Crippen LogP) is 2.11. The molecule has 0 aliphatic rings. The fourth-order valence-corrected chi connectivity index (χ4v) is 3.64. The summed E-state index contributed by atoms with van der Waals surface area (Å²) < 4.78 is 29.1. The van der Waals surface area contributed by atoms with Crippen molar-refractivity contribution in [2.24, 2.45) is 0 Å². The molecular weight excluding hydrogens is 312 g/mol. The summed E-state index contributed by atoms with van der Waals surface area (Å²) in [5, 5.41) is 0. The molecule has 0 spiro atoms. The minimum absolute atomic E-state index is 0.00940. The molecule has 1 atom stereocenters. The predicted molar refractivity (Wildman–Crippen MR) is 89.3 cm³/mol. The van der Waals surface area contributed by atoms with Gasteiger partial charge in [-0.3, -0.25) is 4.98 Å². The van der Waals surface area contributed by atoms with Crippen LogP contribution in [0.3, 0.4) is 0 Å². The zero-order chi connectivity index (χ0) is 16.3. The van der Waals surface area contributed by atoms with Crippen molar-refractivity contribution in [1.29, 1.82) is 0 Å². The van der Waals surface area contributed by atoms with Gasteiger partial charge in [-0.25, -0.2) is 18.1 Å². The summed E-state index contributed by atoms with van der Waals surface area (Å²) in [4.78, 5) is 8.44. The lowest BCUT2D eigenvalue weighted by Crippen LogP contribution is -2.31. The Morgan fingerprint density at radius 3 is 2.70 bits per heavy atom. The topological polar surface area (TPSA) is 76.9 Å². The Hall–Kier alpha value is -2.25. The number of aromatic nitrogens is 3. The van der Waals surface area contributed by atoms with Crippen molar-refractivity contribution < 1.29 is 8.42 Å². The summed E-state index contributed by atoms with van der Waals surface area (Å²) in [5.74, 6) is -0.00940. The number of rotatable bonds is 6. The number of sulfonamides is 1. The van der Waals surface area contributed by atoms with Gasteiger partial charge in [-0.05, 0) is 31.2 Å². The minimum atomic E-state index is -3.41. The van der Waals surface area contributed by atoms with E-state index in [-0.39, 0.29) is 11.8 Å². The third-order valence-electron chi connectivity index (χ3n) is 3.62. The number of aryl methyl sites for hydroxylation is 1. The molecular formula is C16H18N4O2S. The molecule has 3 rings (SSSR count). The van der Waals surface area contributed by atoms with Gasteiger partial charge >= 0.3 is 0 Å². The molecule has 0 saturated heterocycles. The first-order chi connectivity index (χ1) is 11.1. The van der Waals surface area contributed by atoms with Crippen molar-refractivity contribution in [3.05, 3.63) is 60.7 Å². The number of pyridine rings is 1. The van der Waals surface area contributed by atoms with E-state index in [2.05, 4.69) is 14.7 Å². The van der Waals surface area contributed by atoms with Crippen molar-refractivity contribution in [3.8, 4) is 0 Å². The van der Waals surface area contributed by atoms with E-state index < -0.39 is 10.0 Å². The number of fused-ring (bicyclic) bond motifs is 1. The molecule has 23 heavy (non-hydrogen) atoms. The second kappa shape index (κ2) is 6.47. The Labute approximate surface area is 135 Å². The van der Waals surface area contributed by atoms with Crippen molar-refractivity contribution >= 4 is 21.1 Å². The number of hydrogen-bond acceptors (Lipinski definition) is 4. The molecule has 6 nitrogen and oxygen atoms in total. The Kier molecular flexibility index (Phi) is 4.40. The molecule has 2 aromatic heterocycles. The Morgan fingerprint density at radius 1 is 1.13 bits per heavy atom. The lowest BCUT2D eigenvalue weighted by atomic mass is 10.2. The zero-order valence-corrected chi connectivity index (χ0v) is 13.6. The quantitative estimate of drug-likeness (QED) is 0.751. The summed E-state index contributed by atoms with van der Waals surface area (Å²) in [6.07, 6.45) is 3.32. The van der Waals surface area contributed by atoms with E-state index in [1.54, 1.807) is 31.6 Å². The van der Waals surface area contributed by atoms with Crippen molar-refractivity contribution in [2.45, 2.75) is 19.5 Å². The summed E-state index contributed by atoms with van der Waals surface area (Å²) in [6, 6.07) is 12.7. The van der Waals surface area contributed by atoms with E-state index in [1.165, 1.54) is 0 Å². The Morgan fingerprint density at radius 2 is 1.91 bits per heavy atom. The molecule has 0 fully saturated rings. The summed E-state index contributed by atoms with van der Waals surface area (Å²) in [5.41, 5.74) is 2.49. The SMILES string of the molecule is C[C@H](NS(=O)(=O)CCn1cnc2ccccc21)c1ccccn1. The average molecular weight is 330 g/mol. The van der Waals surface area contributed by atoms with Crippen LogP contribution >= 0.6 is 0 Å². The fraction of sp³-hybridized carbons (Fsp3) is 0.250. The number of hydrogen-bond donors (Lipinski definition) is 1. The molecule has 120 valence electrons. The molecule has 0 aliphatic carbocycles. The Balaban J connectivity index is 1.67.